The number of allylic oxidation sites excluding steroid dienone is 1. The fraction of sp³-hybridized carbons (Fsp3) is 0.333. The van der Waals surface area contributed by atoms with Crippen LogP contribution in [0.25, 0.3) is 0 Å². The van der Waals surface area contributed by atoms with Gasteiger partial charge in [-0.1, -0.05) is 11.6 Å². The number of hydrogen-bond acceptors (Lipinski definition) is 6. The van der Waals surface area contributed by atoms with Crippen LogP contribution in [0.2, 0.25) is 5.02 Å². The Morgan fingerprint density at radius 1 is 1.35 bits per heavy atom. The van der Waals surface area contributed by atoms with Crippen LogP contribution < -0.4 is 0 Å². The van der Waals surface area contributed by atoms with Crippen LogP contribution in [-0.2, 0) is 19.0 Å². The molecule has 0 fully saturated rings. The van der Waals surface area contributed by atoms with Gasteiger partial charge in [0.25, 0.3) is 0 Å². The Labute approximate surface area is 138 Å². The predicted molar refractivity (Wildman–Crippen MR) is 81.5 cm³/mol. The van der Waals surface area contributed by atoms with Gasteiger partial charge in [0.1, 0.15) is 18.8 Å². The summed E-state index contributed by atoms with van der Waals surface area (Å²) in [7, 11) is 2.63. The lowest BCUT2D eigenvalue weighted by Crippen LogP contribution is -2.40. The van der Waals surface area contributed by atoms with E-state index in [1.54, 1.807) is 0 Å². The Hall–Kier alpha value is -2.09. The molecule has 0 aliphatic rings. The maximum absolute atomic E-state index is 12.0. The molecule has 0 radical (unpaired) electrons. The van der Waals surface area contributed by atoms with Crippen molar-refractivity contribution in [1.82, 2.24) is 0 Å². The molecule has 1 atom stereocenters. The lowest BCUT2D eigenvalue weighted by Gasteiger charge is -2.29. The van der Waals surface area contributed by atoms with E-state index in [-0.39, 0.29) is 17.9 Å². The Morgan fingerprint density at radius 2 is 2.04 bits per heavy atom. The van der Waals surface area contributed by atoms with Crippen molar-refractivity contribution < 1.29 is 34.0 Å². The Kier molecular flexibility index (Phi) is 7.02. The molecule has 0 heterocycles. The molecule has 0 bridgehead atoms. The average Bonchev–Trinajstić information content (AvgIpc) is 2.46. The molecule has 0 saturated carbocycles. The smallest absolute Gasteiger partial charge is 0.310 e. The van der Waals surface area contributed by atoms with Crippen LogP contribution in [0.3, 0.4) is 0 Å². The number of carbonyl (C=O) groups excluding carboxylic acids is 1. The fourth-order valence-corrected chi connectivity index (χ4v) is 1.95. The molecule has 0 aromatic heterocycles. The second-order valence-corrected chi connectivity index (χ2v) is 5.00. The van der Waals surface area contributed by atoms with E-state index in [1.165, 1.54) is 32.4 Å². The topological polar surface area (TPSA) is 102 Å². The number of hydrogen-bond donors (Lipinski definition) is 2. The summed E-state index contributed by atoms with van der Waals surface area (Å²) in [6.45, 7) is -0.152. The van der Waals surface area contributed by atoms with Gasteiger partial charge < -0.3 is 24.4 Å². The number of aromatic hydroxyl groups is 1. The van der Waals surface area contributed by atoms with E-state index < -0.39 is 24.0 Å². The minimum atomic E-state index is -1.56. The van der Waals surface area contributed by atoms with Crippen molar-refractivity contribution in [2.75, 3.05) is 20.8 Å². The van der Waals surface area contributed by atoms with E-state index in [0.29, 0.717) is 5.02 Å². The van der Waals surface area contributed by atoms with Crippen molar-refractivity contribution in [1.29, 1.82) is 0 Å². The van der Waals surface area contributed by atoms with Crippen molar-refractivity contribution in [3.8, 4) is 5.75 Å². The number of carboxylic acid groups (broad SMARTS) is 1. The normalized spacial score (nSPS) is 13.7. The van der Waals surface area contributed by atoms with E-state index in [0.717, 1.165) is 12.3 Å². The highest BCUT2D eigenvalue weighted by Gasteiger charge is 2.34. The highest BCUT2D eigenvalue weighted by atomic mass is 35.5. The number of phenolic OH excluding ortho intramolecular Hbond substituents is 1. The molecule has 1 aromatic carbocycles. The number of carboxylic acids is 1. The zero-order valence-electron chi connectivity index (χ0n) is 12.6. The molecule has 0 amide bonds. The third kappa shape index (κ3) is 5.55. The van der Waals surface area contributed by atoms with Crippen molar-refractivity contribution in [2.24, 2.45) is 0 Å². The quantitative estimate of drug-likeness (QED) is 0.306. The predicted octanol–water partition coefficient (Wildman–Crippen LogP) is 2.22. The molecule has 1 aromatic rings. The number of benzene rings is 1. The van der Waals surface area contributed by atoms with E-state index in [1.807, 2.05) is 0 Å². The second-order valence-electron chi connectivity index (χ2n) is 4.56. The van der Waals surface area contributed by atoms with Crippen LogP contribution >= 0.6 is 11.6 Å². The molecule has 1 rings (SSSR count). The van der Waals surface area contributed by atoms with Gasteiger partial charge in [0, 0.05) is 25.3 Å². The van der Waals surface area contributed by atoms with Gasteiger partial charge in [0.05, 0.1) is 11.8 Å². The third-order valence-corrected chi connectivity index (χ3v) is 3.12. The first kappa shape index (κ1) is 19.0. The van der Waals surface area contributed by atoms with Crippen LogP contribution in [0.15, 0.2) is 30.5 Å². The average molecular weight is 345 g/mol. The number of methoxy groups -OCH3 is 2. The van der Waals surface area contributed by atoms with Crippen LogP contribution in [0.4, 0.5) is 0 Å². The zero-order chi connectivity index (χ0) is 17.5. The van der Waals surface area contributed by atoms with Gasteiger partial charge in [-0.3, -0.25) is 9.59 Å². The van der Waals surface area contributed by atoms with E-state index >= 15 is 0 Å². The summed E-state index contributed by atoms with van der Waals surface area (Å²) < 4.78 is 15.2. The zero-order valence-corrected chi connectivity index (χ0v) is 13.4. The number of aliphatic carboxylic acids is 1. The first-order chi connectivity index (χ1) is 10.8. The minimum Gasteiger partial charge on any atom is -0.507 e. The summed E-state index contributed by atoms with van der Waals surface area (Å²) in [6.07, 6.45) is 1.55. The maximum Gasteiger partial charge on any atom is 0.310 e. The number of phenols is 1. The SMILES string of the molecule is COCC(CC(=O)O)(OC)O/C=C/C(=O)c1ccc(Cl)cc1O. The minimum absolute atomic E-state index is 0.0299. The fourth-order valence-electron chi connectivity index (χ4n) is 1.78. The largest absolute Gasteiger partial charge is 0.507 e. The lowest BCUT2D eigenvalue weighted by molar-refractivity contribution is -0.223. The van der Waals surface area contributed by atoms with Crippen LogP contribution in [0.1, 0.15) is 16.8 Å². The van der Waals surface area contributed by atoms with Gasteiger partial charge >= 0.3 is 5.97 Å². The molecule has 0 aliphatic heterocycles. The van der Waals surface area contributed by atoms with Crippen LogP contribution in [0.5, 0.6) is 5.75 Å². The molecule has 2 N–H and O–H groups in total. The maximum atomic E-state index is 12.0. The Bertz CT molecular complexity index is 599. The van der Waals surface area contributed by atoms with Crippen molar-refractivity contribution >= 4 is 23.4 Å². The number of halogens is 1. The molecular formula is C15H17ClO7. The monoisotopic (exact) mass is 344 g/mol. The summed E-state index contributed by atoms with van der Waals surface area (Å²) in [6, 6.07) is 4.05. The van der Waals surface area contributed by atoms with Crippen molar-refractivity contribution in [3.05, 3.63) is 41.1 Å². The molecular weight excluding hydrogens is 328 g/mol. The molecule has 23 heavy (non-hydrogen) atoms. The summed E-state index contributed by atoms with van der Waals surface area (Å²) >= 11 is 5.69. The number of ketones is 1. The third-order valence-electron chi connectivity index (χ3n) is 2.88. The van der Waals surface area contributed by atoms with Crippen molar-refractivity contribution in [3.63, 3.8) is 0 Å². The summed E-state index contributed by atoms with van der Waals surface area (Å²) in [5.74, 6) is -3.53. The molecule has 0 spiro atoms. The molecule has 126 valence electrons. The molecule has 0 saturated heterocycles. The summed E-state index contributed by atoms with van der Waals surface area (Å²) in [4.78, 5) is 22.9. The summed E-state index contributed by atoms with van der Waals surface area (Å²) in [5.41, 5.74) is 0.0299. The molecule has 8 heteroatoms. The highest BCUT2D eigenvalue weighted by molar-refractivity contribution is 6.31. The van der Waals surface area contributed by atoms with Gasteiger partial charge in [0.15, 0.2) is 5.78 Å². The van der Waals surface area contributed by atoms with Gasteiger partial charge in [-0.25, -0.2) is 0 Å². The van der Waals surface area contributed by atoms with Crippen LogP contribution in [0, 0.1) is 0 Å². The van der Waals surface area contributed by atoms with Crippen molar-refractivity contribution in [2.45, 2.75) is 12.2 Å². The molecule has 7 nitrogen and oxygen atoms in total. The summed E-state index contributed by atoms with van der Waals surface area (Å²) in [5, 5.41) is 18.9. The second kappa shape index (κ2) is 8.52. The number of ether oxygens (including phenoxy) is 3. The first-order valence-electron chi connectivity index (χ1n) is 6.46. The van der Waals surface area contributed by atoms with E-state index in [9.17, 15) is 14.7 Å². The van der Waals surface area contributed by atoms with Gasteiger partial charge in [-0.15, -0.1) is 0 Å². The Balaban J connectivity index is 2.85. The first-order valence-corrected chi connectivity index (χ1v) is 6.84. The standard InChI is InChI=1S/C15H17ClO7/c1-21-9-15(22-2,8-14(19)20)23-6-5-12(17)11-4-3-10(16)7-13(11)18/h3-7,18H,8-9H2,1-2H3,(H,19,20)/b6-5+. The van der Waals surface area contributed by atoms with Crippen LogP contribution in [-0.4, -0.2) is 48.6 Å². The number of rotatable bonds is 9. The lowest BCUT2D eigenvalue weighted by atomic mass is 10.1. The molecule has 0 aliphatic carbocycles. The van der Waals surface area contributed by atoms with E-state index in [4.69, 9.17) is 30.9 Å². The molecule has 1 unspecified atom stereocenters. The van der Waals surface area contributed by atoms with E-state index in [2.05, 4.69) is 0 Å². The van der Waals surface area contributed by atoms with Gasteiger partial charge in [0.2, 0.25) is 5.79 Å². The highest BCUT2D eigenvalue weighted by Crippen LogP contribution is 2.23. The van der Waals surface area contributed by atoms with Gasteiger partial charge in [-0.05, 0) is 18.2 Å². The Morgan fingerprint density at radius 3 is 2.57 bits per heavy atom. The van der Waals surface area contributed by atoms with Gasteiger partial charge in [-0.2, -0.15) is 0 Å². The number of carbonyl (C=O) groups is 2.